The minimum Gasteiger partial charge on any atom is -0.497 e. The summed E-state index contributed by atoms with van der Waals surface area (Å²) in [6.45, 7) is 9.49. The normalized spacial score (nSPS) is 11.8. The second-order valence-electron chi connectivity index (χ2n) is 10.6. The molecule has 3 aromatic rings. The molecule has 0 aliphatic rings. The van der Waals surface area contributed by atoms with E-state index in [1.165, 1.54) is 17.9 Å². The number of amides is 1. The number of carbonyl (C=O) groups excluding carboxylic acids is 2. The van der Waals surface area contributed by atoms with E-state index in [1.807, 2.05) is 24.3 Å². The number of aromatic nitrogens is 2. The molecule has 40 heavy (non-hydrogen) atoms. The lowest BCUT2D eigenvalue weighted by Crippen LogP contribution is -2.31. The van der Waals surface area contributed by atoms with Crippen LogP contribution >= 0.6 is 0 Å². The van der Waals surface area contributed by atoms with Gasteiger partial charge in [-0.1, -0.05) is 24.3 Å². The highest BCUT2D eigenvalue weighted by molar-refractivity contribution is 7.91. The van der Waals surface area contributed by atoms with Crippen LogP contribution in [0.5, 0.6) is 5.75 Å². The second-order valence-corrected chi connectivity index (χ2v) is 12.6. The van der Waals surface area contributed by atoms with E-state index in [0.29, 0.717) is 29.2 Å². The van der Waals surface area contributed by atoms with E-state index in [0.717, 1.165) is 11.1 Å². The molecule has 0 bridgehead atoms. The van der Waals surface area contributed by atoms with Crippen LogP contribution in [0.3, 0.4) is 0 Å². The number of benzene rings is 2. The van der Waals surface area contributed by atoms with Crippen LogP contribution in [0.1, 0.15) is 43.9 Å². The number of nitrogens with one attached hydrogen (secondary N) is 1. The predicted molar refractivity (Wildman–Crippen MR) is 153 cm³/mol. The summed E-state index contributed by atoms with van der Waals surface area (Å²) in [4.78, 5) is 31.3. The first kappa shape index (κ1) is 30.8. The summed E-state index contributed by atoms with van der Waals surface area (Å²) >= 11 is 0. The van der Waals surface area contributed by atoms with Crippen molar-refractivity contribution in [2.24, 2.45) is 0 Å². The van der Waals surface area contributed by atoms with Crippen molar-refractivity contribution in [3.05, 3.63) is 65.5 Å². The van der Waals surface area contributed by atoms with Crippen LogP contribution in [0.15, 0.2) is 53.7 Å². The number of imidazole rings is 1. The smallest absolute Gasteiger partial charge is 0.420 e. The van der Waals surface area contributed by atoms with E-state index < -0.39 is 21.5 Å². The van der Waals surface area contributed by atoms with Crippen molar-refractivity contribution in [2.75, 3.05) is 26.6 Å². The van der Waals surface area contributed by atoms with Crippen molar-refractivity contribution < 1.29 is 27.5 Å². The zero-order valence-electron chi connectivity index (χ0n) is 24.1. The first-order chi connectivity index (χ1) is 18.7. The van der Waals surface area contributed by atoms with Gasteiger partial charge in [-0.25, -0.2) is 22.8 Å². The maximum absolute atomic E-state index is 12.9. The summed E-state index contributed by atoms with van der Waals surface area (Å²) in [6.07, 6.45) is 2.74. The van der Waals surface area contributed by atoms with Crippen molar-refractivity contribution in [3.63, 3.8) is 0 Å². The molecule has 0 saturated carbocycles. The van der Waals surface area contributed by atoms with Crippen molar-refractivity contribution in [2.45, 2.75) is 58.1 Å². The molecule has 1 aromatic heterocycles. The average molecular weight is 571 g/mol. The van der Waals surface area contributed by atoms with Crippen LogP contribution in [-0.4, -0.2) is 67.0 Å². The largest absolute Gasteiger partial charge is 0.497 e. The van der Waals surface area contributed by atoms with Gasteiger partial charge in [-0.15, -0.1) is 0 Å². The Kier molecular flexibility index (Phi) is 9.75. The SMILES string of the molecule is COc1cc(C)c(S(=O)(=O)CNCCC(=O)N(C)Cc2ccc(-c3nccn3C(=O)OC(C)(C)C)cc2)c(C)c1. The van der Waals surface area contributed by atoms with Gasteiger partial charge in [0.1, 0.15) is 23.1 Å². The van der Waals surface area contributed by atoms with Crippen LogP contribution in [0, 0.1) is 13.8 Å². The molecule has 2 aromatic carbocycles. The summed E-state index contributed by atoms with van der Waals surface area (Å²) in [7, 11) is -0.341. The summed E-state index contributed by atoms with van der Waals surface area (Å²) in [5.41, 5.74) is 2.25. The lowest BCUT2D eigenvalue weighted by Gasteiger charge is -2.20. The number of carbonyl (C=O) groups is 2. The lowest BCUT2D eigenvalue weighted by atomic mass is 10.1. The Balaban J connectivity index is 1.53. The molecule has 11 heteroatoms. The van der Waals surface area contributed by atoms with Crippen LogP contribution in [0.2, 0.25) is 0 Å². The molecule has 1 amide bonds. The van der Waals surface area contributed by atoms with Gasteiger partial charge in [-0.3, -0.25) is 4.79 Å². The fourth-order valence-electron chi connectivity index (χ4n) is 4.28. The minimum absolute atomic E-state index is 0.119. The molecule has 0 unspecified atom stereocenters. The molecule has 0 atom stereocenters. The third-order valence-electron chi connectivity index (χ3n) is 6.08. The molecule has 0 aliphatic carbocycles. The molecule has 10 nitrogen and oxygen atoms in total. The Morgan fingerprint density at radius 1 is 1.07 bits per heavy atom. The number of nitrogens with zero attached hydrogens (tertiary/aromatic N) is 3. The third-order valence-corrected chi connectivity index (χ3v) is 7.93. The number of hydrogen-bond donors (Lipinski definition) is 1. The van der Waals surface area contributed by atoms with Gasteiger partial charge >= 0.3 is 6.09 Å². The van der Waals surface area contributed by atoms with Gasteiger partial charge in [0.15, 0.2) is 9.84 Å². The van der Waals surface area contributed by atoms with Gasteiger partial charge in [0, 0.05) is 44.5 Å². The zero-order chi connectivity index (χ0) is 29.7. The van der Waals surface area contributed by atoms with Gasteiger partial charge in [0.05, 0.1) is 12.0 Å². The zero-order valence-corrected chi connectivity index (χ0v) is 25.0. The highest BCUT2D eigenvalue weighted by Crippen LogP contribution is 2.26. The molecule has 1 N–H and O–H groups in total. The molecule has 0 fully saturated rings. The molecular formula is C29H38N4O6S. The van der Waals surface area contributed by atoms with E-state index in [2.05, 4.69) is 10.3 Å². The molecular weight excluding hydrogens is 532 g/mol. The molecule has 0 spiro atoms. The van der Waals surface area contributed by atoms with Crippen LogP contribution in [0.25, 0.3) is 11.4 Å². The maximum atomic E-state index is 12.9. The monoisotopic (exact) mass is 570 g/mol. The molecule has 1 heterocycles. The number of aryl methyl sites for hydroxylation is 2. The molecule has 216 valence electrons. The third kappa shape index (κ3) is 7.92. The fraction of sp³-hybridized carbons (Fsp3) is 0.414. The van der Waals surface area contributed by atoms with Crippen LogP contribution in [0.4, 0.5) is 4.79 Å². The number of rotatable bonds is 10. The molecule has 0 radical (unpaired) electrons. The van der Waals surface area contributed by atoms with E-state index in [9.17, 15) is 18.0 Å². The van der Waals surface area contributed by atoms with E-state index in [4.69, 9.17) is 9.47 Å². The minimum atomic E-state index is -3.58. The van der Waals surface area contributed by atoms with Gasteiger partial charge in [0.25, 0.3) is 0 Å². The number of ether oxygens (including phenoxy) is 2. The maximum Gasteiger partial charge on any atom is 0.420 e. The quantitative estimate of drug-likeness (QED) is 0.358. The van der Waals surface area contributed by atoms with E-state index >= 15 is 0 Å². The molecule has 0 aliphatic heterocycles. The second kappa shape index (κ2) is 12.6. The highest BCUT2D eigenvalue weighted by atomic mass is 32.2. The van der Waals surface area contributed by atoms with Crippen molar-refractivity contribution >= 4 is 21.8 Å². The Bertz CT molecular complexity index is 1430. The summed E-state index contributed by atoms with van der Waals surface area (Å²) in [5, 5.41) is 2.89. The number of methoxy groups -OCH3 is 1. The van der Waals surface area contributed by atoms with Gasteiger partial charge in [0.2, 0.25) is 5.91 Å². The van der Waals surface area contributed by atoms with E-state index in [1.54, 1.807) is 64.9 Å². The van der Waals surface area contributed by atoms with Crippen LogP contribution in [-0.2, 0) is 25.9 Å². The van der Waals surface area contributed by atoms with Crippen molar-refractivity contribution in [1.82, 2.24) is 19.8 Å². The van der Waals surface area contributed by atoms with Crippen molar-refractivity contribution in [1.29, 1.82) is 0 Å². The Morgan fingerprint density at radius 3 is 2.27 bits per heavy atom. The number of hydrogen-bond acceptors (Lipinski definition) is 8. The Labute approximate surface area is 236 Å². The fourth-order valence-corrected chi connectivity index (χ4v) is 5.94. The van der Waals surface area contributed by atoms with Gasteiger partial charge < -0.3 is 19.7 Å². The Morgan fingerprint density at radius 2 is 1.70 bits per heavy atom. The molecule has 3 rings (SSSR count). The highest BCUT2D eigenvalue weighted by Gasteiger charge is 2.22. The van der Waals surface area contributed by atoms with E-state index in [-0.39, 0.29) is 29.6 Å². The van der Waals surface area contributed by atoms with Crippen LogP contribution < -0.4 is 10.1 Å². The first-order valence-electron chi connectivity index (χ1n) is 12.9. The predicted octanol–water partition coefficient (Wildman–Crippen LogP) is 4.33. The first-order valence-corrected chi connectivity index (χ1v) is 14.6. The topological polar surface area (TPSA) is 120 Å². The summed E-state index contributed by atoms with van der Waals surface area (Å²) in [5.74, 6) is 0.688. The average Bonchev–Trinajstić information content (AvgIpc) is 3.35. The van der Waals surface area contributed by atoms with Gasteiger partial charge in [-0.2, -0.15) is 0 Å². The summed E-state index contributed by atoms with van der Waals surface area (Å²) in [6, 6.07) is 10.8. The van der Waals surface area contributed by atoms with Crippen molar-refractivity contribution in [3.8, 4) is 17.1 Å². The van der Waals surface area contributed by atoms with Gasteiger partial charge in [-0.05, 0) is 63.4 Å². The molecule has 0 saturated heterocycles. The standard InChI is InChI=1S/C29H38N4O6S/c1-20-16-24(38-7)17-21(2)26(20)40(36,37)19-30-13-12-25(34)32(6)18-22-8-10-23(11-9-22)27-31-14-15-33(27)28(35)39-29(3,4)5/h8-11,14-17,30H,12-13,18-19H2,1-7H3. The number of sulfone groups is 1. The lowest BCUT2D eigenvalue weighted by molar-refractivity contribution is -0.130. The Hall–Kier alpha value is -3.70. The summed E-state index contributed by atoms with van der Waals surface area (Å²) < 4.78 is 37.8.